The van der Waals surface area contributed by atoms with E-state index in [1.165, 1.54) is 12.1 Å². The Hall–Kier alpha value is -3.98. The molecule has 3 atom stereocenters. The molecule has 7 nitrogen and oxygen atoms in total. The highest BCUT2D eigenvalue weighted by molar-refractivity contribution is 5.83. The fraction of sp³-hybridized carbons (Fsp3) is 0.345. The minimum Gasteiger partial charge on any atom is -0.497 e. The van der Waals surface area contributed by atoms with Crippen molar-refractivity contribution >= 4 is 16.9 Å². The normalized spacial score (nSPS) is 18.4. The fourth-order valence-electron chi connectivity index (χ4n) is 4.92. The smallest absolute Gasteiger partial charge is 0.308 e. The number of halogens is 1. The Morgan fingerprint density at radius 2 is 2.16 bits per heavy atom. The van der Waals surface area contributed by atoms with Crippen LogP contribution in [0, 0.1) is 40.8 Å². The summed E-state index contributed by atoms with van der Waals surface area (Å²) in [6.07, 6.45) is 2.58. The summed E-state index contributed by atoms with van der Waals surface area (Å²) >= 11 is 0. The van der Waals surface area contributed by atoms with Gasteiger partial charge in [-0.1, -0.05) is 17.9 Å². The molecule has 4 rings (SSSR count). The van der Waals surface area contributed by atoms with Crippen LogP contribution in [0.5, 0.6) is 5.75 Å². The Morgan fingerprint density at radius 1 is 1.32 bits per heavy atom. The first-order valence-electron chi connectivity index (χ1n) is 12.1. The van der Waals surface area contributed by atoms with Gasteiger partial charge in [0, 0.05) is 23.7 Å². The van der Waals surface area contributed by atoms with Crippen LogP contribution in [0.25, 0.3) is 10.9 Å². The van der Waals surface area contributed by atoms with Crippen molar-refractivity contribution < 1.29 is 24.1 Å². The maximum atomic E-state index is 13.8. The lowest BCUT2D eigenvalue weighted by atomic mass is 9.81. The third kappa shape index (κ3) is 6.06. The lowest BCUT2D eigenvalue weighted by Gasteiger charge is -2.36. The number of nitrogens with zero attached hydrogens (tertiary/aromatic N) is 3. The van der Waals surface area contributed by atoms with E-state index in [2.05, 4.69) is 16.8 Å². The first kappa shape index (κ1) is 26.1. The monoisotopic (exact) mass is 501 g/mol. The van der Waals surface area contributed by atoms with E-state index < -0.39 is 23.8 Å². The van der Waals surface area contributed by atoms with Gasteiger partial charge in [0.15, 0.2) is 0 Å². The molecule has 0 radical (unpaired) electrons. The average molecular weight is 502 g/mol. The third-order valence-electron chi connectivity index (χ3n) is 6.96. The minimum atomic E-state index is -0.867. The Morgan fingerprint density at radius 3 is 2.92 bits per heavy atom. The van der Waals surface area contributed by atoms with Crippen LogP contribution in [0.3, 0.4) is 0 Å². The molecule has 8 heteroatoms. The zero-order valence-electron chi connectivity index (χ0n) is 20.5. The van der Waals surface area contributed by atoms with E-state index in [1.807, 2.05) is 29.2 Å². The van der Waals surface area contributed by atoms with Gasteiger partial charge >= 0.3 is 5.97 Å². The molecule has 0 spiro atoms. The molecule has 37 heavy (non-hydrogen) atoms. The molecular weight excluding hydrogens is 473 g/mol. The van der Waals surface area contributed by atoms with Gasteiger partial charge in [-0.3, -0.25) is 14.7 Å². The quantitative estimate of drug-likeness (QED) is 0.469. The van der Waals surface area contributed by atoms with E-state index in [9.17, 15) is 19.4 Å². The topological polar surface area (TPSA) is 107 Å². The SMILES string of the molecule is COc1ccc2nccc([C@H](O)CC[C@@H]3CCN(CC#Cc4cccc(F)c4C#N)C[C@@H]3C(=O)O)c2c1. The first-order valence-corrected chi connectivity index (χ1v) is 12.1. The predicted molar refractivity (Wildman–Crippen MR) is 136 cm³/mol. The Labute approximate surface area is 215 Å². The number of aliphatic carboxylic acids is 1. The highest BCUT2D eigenvalue weighted by Crippen LogP contribution is 2.33. The Balaban J connectivity index is 1.39. The molecule has 2 heterocycles. The summed E-state index contributed by atoms with van der Waals surface area (Å²) in [4.78, 5) is 18.4. The summed E-state index contributed by atoms with van der Waals surface area (Å²) < 4.78 is 19.1. The molecule has 1 aliphatic rings. The standard InChI is InChI=1S/C29H28FN3O4/c1-37-21-8-9-27-23(16-21)22(11-13-32-27)28(34)10-7-20-12-15-33(18-25(20)29(35)36)14-3-5-19-4-2-6-26(30)24(19)17-31/h2,4,6,8-9,11,13,16,20,25,28,34H,7,10,12,14-15,18H2,1H3,(H,35,36)/t20-,25+,28-/m1/s1. The lowest BCUT2D eigenvalue weighted by molar-refractivity contribution is -0.146. The molecule has 2 aromatic carbocycles. The molecule has 0 amide bonds. The van der Waals surface area contributed by atoms with Crippen LogP contribution >= 0.6 is 0 Å². The van der Waals surface area contributed by atoms with Crippen LogP contribution in [0.4, 0.5) is 4.39 Å². The molecule has 1 fully saturated rings. The summed E-state index contributed by atoms with van der Waals surface area (Å²) in [5.41, 5.74) is 1.74. The number of aliphatic hydroxyl groups is 1. The van der Waals surface area contributed by atoms with Crippen molar-refractivity contribution in [2.24, 2.45) is 11.8 Å². The van der Waals surface area contributed by atoms with E-state index in [0.717, 1.165) is 16.5 Å². The van der Waals surface area contributed by atoms with E-state index in [4.69, 9.17) is 10.00 Å². The van der Waals surface area contributed by atoms with Gasteiger partial charge in [-0.15, -0.1) is 0 Å². The number of benzene rings is 2. The van der Waals surface area contributed by atoms with Crippen LogP contribution in [-0.2, 0) is 4.79 Å². The summed E-state index contributed by atoms with van der Waals surface area (Å²) in [5.74, 6) is 4.34. The van der Waals surface area contributed by atoms with E-state index in [1.54, 1.807) is 25.4 Å². The van der Waals surface area contributed by atoms with Crippen molar-refractivity contribution in [2.45, 2.75) is 25.4 Å². The molecule has 190 valence electrons. The third-order valence-corrected chi connectivity index (χ3v) is 6.96. The molecule has 1 saturated heterocycles. The van der Waals surface area contributed by atoms with Gasteiger partial charge in [0.25, 0.3) is 0 Å². The predicted octanol–water partition coefficient (Wildman–Crippen LogP) is 4.14. The Kier molecular flexibility index (Phi) is 8.35. The van der Waals surface area contributed by atoms with E-state index in [0.29, 0.717) is 50.2 Å². The van der Waals surface area contributed by atoms with Crippen molar-refractivity contribution in [3.8, 4) is 23.7 Å². The van der Waals surface area contributed by atoms with Gasteiger partial charge in [-0.2, -0.15) is 5.26 Å². The van der Waals surface area contributed by atoms with Crippen LogP contribution < -0.4 is 4.74 Å². The fourth-order valence-corrected chi connectivity index (χ4v) is 4.92. The second-order valence-electron chi connectivity index (χ2n) is 9.18. The summed E-state index contributed by atoms with van der Waals surface area (Å²) in [6, 6.07) is 13.5. The van der Waals surface area contributed by atoms with Crippen molar-refractivity contribution in [1.82, 2.24) is 9.88 Å². The van der Waals surface area contributed by atoms with Gasteiger partial charge in [-0.25, -0.2) is 4.39 Å². The van der Waals surface area contributed by atoms with Gasteiger partial charge < -0.3 is 14.9 Å². The zero-order valence-corrected chi connectivity index (χ0v) is 20.5. The van der Waals surface area contributed by atoms with Crippen molar-refractivity contribution in [3.05, 3.63) is 71.2 Å². The molecule has 3 aromatic rings. The number of carboxylic acids is 1. The number of aliphatic hydroxyl groups excluding tert-OH is 1. The minimum absolute atomic E-state index is 0.0765. The largest absolute Gasteiger partial charge is 0.497 e. The summed E-state index contributed by atoms with van der Waals surface area (Å²) in [6.45, 7) is 1.34. The Bertz CT molecular complexity index is 1390. The van der Waals surface area contributed by atoms with Crippen LogP contribution in [-0.4, -0.2) is 52.8 Å². The molecule has 0 bridgehead atoms. The number of piperidine rings is 1. The van der Waals surface area contributed by atoms with Crippen molar-refractivity contribution in [3.63, 3.8) is 0 Å². The number of carboxylic acid groups (broad SMARTS) is 1. The van der Waals surface area contributed by atoms with Gasteiger partial charge in [0.1, 0.15) is 23.2 Å². The summed E-state index contributed by atoms with van der Waals surface area (Å²) in [5, 5.41) is 30.8. The average Bonchev–Trinajstić information content (AvgIpc) is 2.91. The van der Waals surface area contributed by atoms with E-state index in [-0.39, 0.29) is 11.5 Å². The number of nitriles is 1. The van der Waals surface area contributed by atoms with Gasteiger partial charge in [0.05, 0.1) is 31.2 Å². The van der Waals surface area contributed by atoms with Crippen LogP contribution in [0.2, 0.25) is 0 Å². The second-order valence-corrected chi connectivity index (χ2v) is 9.18. The van der Waals surface area contributed by atoms with Crippen LogP contribution in [0.15, 0.2) is 48.7 Å². The lowest BCUT2D eigenvalue weighted by Crippen LogP contribution is -2.44. The number of pyridine rings is 1. The molecule has 0 saturated carbocycles. The van der Waals surface area contributed by atoms with Crippen LogP contribution in [0.1, 0.15) is 42.1 Å². The molecule has 2 N–H and O–H groups in total. The molecule has 1 aliphatic heterocycles. The number of hydrogen-bond acceptors (Lipinski definition) is 6. The number of methoxy groups -OCH3 is 1. The number of ether oxygens (including phenoxy) is 1. The number of likely N-dealkylation sites (tertiary alicyclic amines) is 1. The van der Waals surface area contributed by atoms with Crippen molar-refractivity contribution in [1.29, 1.82) is 5.26 Å². The van der Waals surface area contributed by atoms with E-state index >= 15 is 0 Å². The number of aromatic nitrogens is 1. The number of rotatable bonds is 7. The van der Waals surface area contributed by atoms with Gasteiger partial charge in [-0.05, 0) is 73.7 Å². The molecule has 1 aromatic heterocycles. The second kappa shape index (κ2) is 11.8. The number of carbonyl (C=O) groups is 1. The highest BCUT2D eigenvalue weighted by Gasteiger charge is 2.34. The molecular formula is C29H28FN3O4. The number of hydrogen-bond donors (Lipinski definition) is 2. The van der Waals surface area contributed by atoms with Crippen molar-refractivity contribution in [2.75, 3.05) is 26.7 Å². The van der Waals surface area contributed by atoms with Gasteiger partial charge in [0.2, 0.25) is 0 Å². The summed E-state index contributed by atoms with van der Waals surface area (Å²) in [7, 11) is 1.59. The maximum absolute atomic E-state index is 13.8. The highest BCUT2D eigenvalue weighted by atomic mass is 19.1. The molecule has 0 unspecified atom stereocenters. The first-order chi connectivity index (χ1) is 17.9. The molecule has 0 aliphatic carbocycles. The zero-order chi connectivity index (χ0) is 26.4. The number of fused-ring (bicyclic) bond motifs is 1. The maximum Gasteiger partial charge on any atom is 0.308 e.